The normalized spacial score (nSPS) is 8.71. The highest BCUT2D eigenvalue weighted by molar-refractivity contribution is 6.30. The molecule has 21 heavy (non-hydrogen) atoms. The summed E-state index contributed by atoms with van der Waals surface area (Å²) in [5.74, 6) is 0. The van der Waals surface area contributed by atoms with Crippen LogP contribution in [0.5, 0.6) is 0 Å². The van der Waals surface area contributed by atoms with E-state index in [0.717, 1.165) is 5.02 Å². The Labute approximate surface area is 138 Å². The average molecular weight is 341 g/mol. The van der Waals surface area contributed by atoms with Crippen LogP contribution in [0.25, 0.3) is 0 Å². The number of halogens is 3. The van der Waals surface area contributed by atoms with Crippen molar-refractivity contribution < 1.29 is 0 Å². The van der Waals surface area contributed by atoms with Crippen LogP contribution in [-0.4, -0.2) is 15.0 Å². The van der Waals surface area contributed by atoms with Crippen LogP contribution in [-0.2, 0) is 0 Å². The number of aromatic nitrogens is 3. The van der Waals surface area contributed by atoms with E-state index in [2.05, 4.69) is 15.0 Å². The van der Waals surface area contributed by atoms with Gasteiger partial charge in [-0.2, -0.15) is 0 Å². The molecule has 0 aliphatic heterocycles. The summed E-state index contributed by atoms with van der Waals surface area (Å²) >= 11 is 16.4. The molecule has 3 rings (SSSR count). The van der Waals surface area contributed by atoms with E-state index < -0.39 is 0 Å². The molecule has 0 unspecified atom stereocenters. The van der Waals surface area contributed by atoms with Crippen molar-refractivity contribution in [3.8, 4) is 0 Å². The summed E-state index contributed by atoms with van der Waals surface area (Å²) in [7, 11) is 0. The molecule has 0 atom stereocenters. The van der Waals surface area contributed by atoms with Gasteiger partial charge in [-0.05, 0) is 36.4 Å². The lowest BCUT2D eigenvalue weighted by molar-refractivity contribution is 1.33. The number of hydrogen-bond acceptors (Lipinski definition) is 3. The SMILES string of the molecule is Clc1ccccn1.Clc1cccnc1.Clc1ccncc1. The number of pyridine rings is 3. The molecule has 0 aliphatic carbocycles. The molecule has 3 aromatic heterocycles. The van der Waals surface area contributed by atoms with Gasteiger partial charge >= 0.3 is 0 Å². The topological polar surface area (TPSA) is 38.7 Å². The fourth-order valence-electron chi connectivity index (χ4n) is 1.02. The molecule has 0 saturated heterocycles. The average Bonchev–Trinajstić information content (AvgIpc) is 2.51. The van der Waals surface area contributed by atoms with E-state index in [9.17, 15) is 0 Å². The molecule has 0 aliphatic rings. The second kappa shape index (κ2) is 11.0. The first-order valence-electron chi connectivity index (χ1n) is 5.86. The zero-order chi connectivity index (χ0) is 15.3. The van der Waals surface area contributed by atoms with E-state index >= 15 is 0 Å². The molecule has 0 aromatic carbocycles. The van der Waals surface area contributed by atoms with E-state index in [1.54, 1.807) is 61.3 Å². The van der Waals surface area contributed by atoms with Crippen LogP contribution in [0.4, 0.5) is 0 Å². The van der Waals surface area contributed by atoms with Gasteiger partial charge < -0.3 is 0 Å². The van der Waals surface area contributed by atoms with Gasteiger partial charge in [0.2, 0.25) is 0 Å². The van der Waals surface area contributed by atoms with Crippen molar-refractivity contribution in [3.63, 3.8) is 0 Å². The van der Waals surface area contributed by atoms with Crippen molar-refractivity contribution in [2.75, 3.05) is 0 Å². The third-order valence-electron chi connectivity index (χ3n) is 1.89. The maximum Gasteiger partial charge on any atom is 0.129 e. The van der Waals surface area contributed by atoms with Crippen molar-refractivity contribution in [3.05, 3.63) is 88.6 Å². The first kappa shape index (κ1) is 17.4. The Morgan fingerprint density at radius 2 is 1.38 bits per heavy atom. The van der Waals surface area contributed by atoms with Crippen molar-refractivity contribution in [1.82, 2.24) is 15.0 Å². The maximum absolute atomic E-state index is 5.50. The number of rotatable bonds is 0. The van der Waals surface area contributed by atoms with Crippen molar-refractivity contribution in [1.29, 1.82) is 0 Å². The smallest absolute Gasteiger partial charge is 0.129 e. The minimum Gasteiger partial charge on any atom is -0.265 e. The quantitative estimate of drug-likeness (QED) is 0.528. The molecule has 0 spiro atoms. The lowest BCUT2D eigenvalue weighted by atomic mass is 10.5. The summed E-state index contributed by atoms with van der Waals surface area (Å²) in [6.45, 7) is 0. The highest BCUT2D eigenvalue weighted by Crippen LogP contribution is 2.02. The molecule has 0 bridgehead atoms. The third kappa shape index (κ3) is 9.79. The molecular formula is C15H12Cl3N3. The fraction of sp³-hybridized carbons (Fsp3) is 0. The molecular weight excluding hydrogens is 329 g/mol. The zero-order valence-corrected chi connectivity index (χ0v) is 13.2. The summed E-state index contributed by atoms with van der Waals surface area (Å²) in [6, 6.07) is 12.5. The highest BCUT2D eigenvalue weighted by atomic mass is 35.5. The second-order valence-electron chi connectivity index (χ2n) is 3.49. The lowest BCUT2D eigenvalue weighted by Gasteiger charge is -1.79. The van der Waals surface area contributed by atoms with Crippen LogP contribution >= 0.6 is 34.8 Å². The van der Waals surface area contributed by atoms with Crippen LogP contribution in [0.2, 0.25) is 15.2 Å². The minimum atomic E-state index is 0.544. The lowest BCUT2D eigenvalue weighted by Crippen LogP contribution is -1.65. The standard InChI is InChI=1S/3C5H4ClN/c6-5-1-3-7-4-2-5;6-5-2-1-3-7-4-5;6-5-3-1-2-4-7-5/h3*1-4H. The van der Waals surface area contributed by atoms with E-state index in [1.165, 1.54) is 0 Å². The van der Waals surface area contributed by atoms with E-state index in [-0.39, 0.29) is 0 Å². The molecule has 0 radical (unpaired) electrons. The maximum atomic E-state index is 5.50. The van der Waals surface area contributed by atoms with Crippen molar-refractivity contribution >= 4 is 34.8 Å². The molecule has 108 valence electrons. The molecule has 3 heterocycles. The summed E-state index contributed by atoms with van der Waals surface area (Å²) in [4.78, 5) is 11.3. The summed E-state index contributed by atoms with van der Waals surface area (Å²) in [6.07, 6.45) is 8.25. The molecule has 6 heteroatoms. The van der Waals surface area contributed by atoms with Gasteiger partial charge in [0, 0.05) is 36.0 Å². The molecule has 0 saturated carbocycles. The molecule has 3 nitrogen and oxygen atoms in total. The van der Waals surface area contributed by atoms with Gasteiger partial charge in [-0.15, -0.1) is 0 Å². The van der Waals surface area contributed by atoms with E-state index in [4.69, 9.17) is 34.8 Å². The van der Waals surface area contributed by atoms with E-state index in [1.807, 2.05) is 12.1 Å². The zero-order valence-electron chi connectivity index (χ0n) is 10.9. The Bertz CT molecular complexity index is 503. The molecule has 3 aromatic rings. The largest absolute Gasteiger partial charge is 0.265 e. The van der Waals surface area contributed by atoms with Gasteiger partial charge in [0.25, 0.3) is 0 Å². The molecule has 0 N–H and O–H groups in total. The Balaban J connectivity index is 0.000000157. The molecule has 0 fully saturated rings. The fourth-order valence-corrected chi connectivity index (χ4v) is 1.39. The third-order valence-corrected chi connectivity index (χ3v) is 2.59. The van der Waals surface area contributed by atoms with Crippen molar-refractivity contribution in [2.24, 2.45) is 0 Å². The van der Waals surface area contributed by atoms with Gasteiger partial charge in [0.1, 0.15) is 5.15 Å². The van der Waals surface area contributed by atoms with Crippen LogP contribution in [0, 0.1) is 0 Å². The van der Waals surface area contributed by atoms with Crippen LogP contribution in [0.3, 0.4) is 0 Å². The first-order valence-corrected chi connectivity index (χ1v) is 6.99. The predicted molar refractivity (Wildman–Crippen MR) is 87.7 cm³/mol. The first-order chi connectivity index (χ1) is 10.2. The Morgan fingerprint density at radius 3 is 1.67 bits per heavy atom. The Hall–Kier alpha value is -1.68. The monoisotopic (exact) mass is 339 g/mol. The van der Waals surface area contributed by atoms with Crippen molar-refractivity contribution in [2.45, 2.75) is 0 Å². The second-order valence-corrected chi connectivity index (χ2v) is 4.75. The minimum absolute atomic E-state index is 0.544. The van der Waals surface area contributed by atoms with Gasteiger partial charge in [-0.3, -0.25) is 9.97 Å². The highest BCUT2D eigenvalue weighted by Gasteiger charge is 1.77. The Kier molecular flexibility index (Phi) is 9.13. The summed E-state index contributed by atoms with van der Waals surface area (Å²) < 4.78 is 0. The summed E-state index contributed by atoms with van der Waals surface area (Å²) in [5.41, 5.74) is 0. The van der Waals surface area contributed by atoms with Gasteiger partial charge in [0.05, 0.1) is 5.02 Å². The van der Waals surface area contributed by atoms with Crippen LogP contribution in [0.15, 0.2) is 73.4 Å². The van der Waals surface area contributed by atoms with Gasteiger partial charge in [-0.25, -0.2) is 4.98 Å². The van der Waals surface area contributed by atoms with Gasteiger partial charge in [0.15, 0.2) is 0 Å². The Morgan fingerprint density at radius 1 is 0.619 bits per heavy atom. The number of hydrogen-bond donors (Lipinski definition) is 0. The predicted octanol–water partition coefficient (Wildman–Crippen LogP) is 5.21. The molecule has 0 amide bonds. The van der Waals surface area contributed by atoms with Gasteiger partial charge in [-0.1, -0.05) is 40.9 Å². The number of nitrogens with zero attached hydrogens (tertiary/aromatic N) is 3. The van der Waals surface area contributed by atoms with E-state index in [0.29, 0.717) is 10.2 Å². The van der Waals surface area contributed by atoms with Crippen LogP contribution in [0.1, 0.15) is 0 Å². The summed E-state index contributed by atoms with van der Waals surface area (Å²) in [5, 5.41) is 1.96. The van der Waals surface area contributed by atoms with Crippen LogP contribution < -0.4 is 0 Å².